The average molecular weight is 277 g/mol. The lowest BCUT2D eigenvalue weighted by molar-refractivity contribution is -0.133. The third-order valence-electron chi connectivity index (χ3n) is 3.67. The van der Waals surface area contributed by atoms with Crippen molar-refractivity contribution in [3.8, 4) is 0 Å². The summed E-state index contributed by atoms with van der Waals surface area (Å²) in [5.74, 6) is 0.142. The Hall–Kier alpha value is -1.55. The SMILES string of the molecule is CC(C)N(CC(=O)N(C)C(C)C)Cc1ccccc1N. The summed E-state index contributed by atoms with van der Waals surface area (Å²) in [6.45, 7) is 9.35. The van der Waals surface area contributed by atoms with E-state index < -0.39 is 0 Å². The normalized spacial score (nSPS) is 11.4. The van der Waals surface area contributed by atoms with Crippen LogP contribution in [0.4, 0.5) is 5.69 Å². The molecule has 1 rings (SSSR count). The van der Waals surface area contributed by atoms with Crippen molar-refractivity contribution in [2.45, 2.75) is 46.3 Å². The Balaban J connectivity index is 2.76. The molecule has 20 heavy (non-hydrogen) atoms. The topological polar surface area (TPSA) is 49.6 Å². The van der Waals surface area contributed by atoms with Crippen LogP contribution >= 0.6 is 0 Å². The highest BCUT2D eigenvalue weighted by molar-refractivity contribution is 5.78. The van der Waals surface area contributed by atoms with Gasteiger partial charge in [-0.2, -0.15) is 0 Å². The summed E-state index contributed by atoms with van der Waals surface area (Å²) in [5.41, 5.74) is 7.84. The molecule has 0 aliphatic rings. The molecule has 0 saturated heterocycles. The largest absolute Gasteiger partial charge is 0.398 e. The van der Waals surface area contributed by atoms with Crippen LogP contribution in [0.25, 0.3) is 0 Å². The maximum Gasteiger partial charge on any atom is 0.236 e. The molecule has 0 atom stereocenters. The zero-order valence-electron chi connectivity index (χ0n) is 13.3. The monoisotopic (exact) mass is 277 g/mol. The minimum atomic E-state index is 0.142. The fourth-order valence-electron chi connectivity index (χ4n) is 1.89. The Kier molecular flexibility index (Phi) is 6.02. The Morgan fingerprint density at radius 1 is 1.15 bits per heavy atom. The number of hydrogen-bond donors (Lipinski definition) is 1. The maximum atomic E-state index is 12.2. The third kappa shape index (κ3) is 4.53. The van der Waals surface area contributed by atoms with Crippen LogP contribution < -0.4 is 5.73 Å². The molecule has 0 aliphatic heterocycles. The molecule has 0 radical (unpaired) electrons. The molecule has 1 aromatic rings. The van der Waals surface area contributed by atoms with Gasteiger partial charge in [0.05, 0.1) is 6.54 Å². The minimum Gasteiger partial charge on any atom is -0.398 e. The van der Waals surface area contributed by atoms with E-state index in [1.807, 2.05) is 45.2 Å². The van der Waals surface area contributed by atoms with Crippen LogP contribution in [0.2, 0.25) is 0 Å². The van der Waals surface area contributed by atoms with Crippen molar-refractivity contribution in [1.29, 1.82) is 0 Å². The van der Waals surface area contributed by atoms with Gasteiger partial charge < -0.3 is 10.6 Å². The molecule has 0 fully saturated rings. The van der Waals surface area contributed by atoms with Crippen molar-refractivity contribution in [3.05, 3.63) is 29.8 Å². The summed E-state index contributed by atoms with van der Waals surface area (Å²) in [5, 5.41) is 0. The highest BCUT2D eigenvalue weighted by atomic mass is 16.2. The van der Waals surface area contributed by atoms with E-state index in [-0.39, 0.29) is 11.9 Å². The second-order valence-corrected chi connectivity index (χ2v) is 5.80. The quantitative estimate of drug-likeness (QED) is 0.812. The van der Waals surface area contributed by atoms with E-state index in [1.54, 1.807) is 4.90 Å². The van der Waals surface area contributed by atoms with Crippen LogP contribution in [0, 0.1) is 0 Å². The molecule has 4 heteroatoms. The van der Waals surface area contributed by atoms with Crippen molar-refractivity contribution < 1.29 is 4.79 Å². The first-order valence-corrected chi connectivity index (χ1v) is 7.16. The second kappa shape index (κ2) is 7.29. The molecule has 0 saturated carbocycles. The number of nitrogens with two attached hydrogens (primary N) is 1. The number of rotatable bonds is 6. The molecule has 1 aromatic carbocycles. The van der Waals surface area contributed by atoms with Gasteiger partial charge in [-0.05, 0) is 39.3 Å². The van der Waals surface area contributed by atoms with Crippen molar-refractivity contribution in [2.24, 2.45) is 0 Å². The third-order valence-corrected chi connectivity index (χ3v) is 3.67. The van der Waals surface area contributed by atoms with Gasteiger partial charge in [0.15, 0.2) is 0 Å². The van der Waals surface area contributed by atoms with E-state index >= 15 is 0 Å². The number of anilines is 1. The molecule has 0 aliphatic carbocycles. The number of nitrogens with zero attached hydrogens (tertiary/aromatic N) is 2. The van der Waals surface area contributed by atoms with Crippen molar-refractivity contribution >= 4 is 11.6 Å². The minimum absolute atomic E-state index is 0.142. The van der Waals surface area contributed by atoms with Gasteiger partial charge in [0, 0.05) is 31.4 Å². The van der Waals surface area contributed by atoms with Gasteiger partial charge in [-0.15, -0.1) is 0 Å². The predicted octanol–water partition coefficient (Wildman–Crippen LogP) is 2.35. The van der Waals surface area contributed by atoms with E-state index in [0.717, 1.165) is 11.3 Å². The highest BCUT2D eigenvalue weighted by Crippen LogP contribution is 2.15. The van der Waals surface area contributed by atoms with E-state index in [1.165, 1.54) is 0 Å². The Morgan fingerprint density at radius 2 is 1.75 bits per heavy atom. The first-order valence-electron chi connectivity index (χ1n) is 7.16. The van der Waals surface area contributed by atoms with Crippen molar-refractivity contribution in [2.75, 3.05) is 19.3 Å². The van der Waals surface area contributed by atoms with E-state index in [4.69, 9.17) is 5.73 Å². The summed E-state index contributed by atoms with van der Waals surface area (Å²) >= 11 is 0. The zero-order chi connectivity index (χ0) is 15.3. The molecular weight excluding hydrogens is 250 g/mol. The highest BCUT2D eigenvalue weighted by Gasteiger charge is 2.19. The van der Waals surface area contributed by atoms with Gasteiger partial charge in [-0.3, -0.25) is 9.69 Å². The van der Waals surface area contributed by atoms with Gasteiger partial charge in [-0.25, -0.2) is 0 Å². The molecule has 2 N–H and O–H groups in total. The number of likely N-dealkylation sites (N-methyl/N-ethyl adjacent to an activating group) is 1. The van der Waals surface area contributed by atoms with Gasteiger partial charge in [0.25, 0.3) is 0 Å². The summed E-state index contributed by atoms with van der Waals surface area (Å²) < 4.78 is 0. The molecule has 0 unspecified atom stereocenters. The number of hydrogen-bond acceptors (Lipinski definition) is 3. The maximum absolute atomic E-state index is 12.2. The fourth-order valence-corrected chi connectivity index (χ4v) is 1.89. The van der Waals surface area contributed by atoms with Crippen LogP contribution in [0.3, 0.4) is 0 Å². The van der Waals surface area contributed by atoms with Crippen molar-refractivity contribution in [1.82, 2.24) is 9.80 Å². The van der Waals surface area contributed by atoms with Crippen LogP contribution in [-0.2, 0) is 11.3 Å². The van der Waals surface area contributed by atoms with Crippen LogP contribution in [0.1, 0.15) is 33.3 Å². The summed E-state index contributed by atoms with van der Waals surface area (Å²) in [4.78, 5) is 16.2. The summed E-state index contributed by atoms with van der Waals surface area (Å²) in [7, 11) is 1.85. The first kappa shape index (κ1) is 16.5. The Bertz CT molecular complexity index is 443. The molecule has 112 valence electrons. The summed E-state index contributed by atoms with van der Waals surface area (Å²) in [6, 6.07) is 8.33. The van der Waals surface area contributed by atoms with Gasteiger partial charge >= 0.3 is 0 Å². The fraction of sp³-hybridized carbons (Fsp3) is 0.562. The molecule has 0 aromatic heterocycles. The molecule has 1 amide bonds. The first-order chi connectivity index (χ1) is 9.32. The van der Waals surface area contributed by atoms with E-state index in [9.17, 15) is 4.79 Å². The number of nitrogen functional groups attached to an aromatic ring is 1. The second-order valence-electron chi connectivity index (χ2n) is 5.80. The van der Waals surface area contributed by atoms with Crippen LogP contribution in [0.15, 0.2) is 24.3 Å². The molecule has 0 heterocycles. The molecule has 4 nitrogen and oxygen atoms in total. The summed E-state index contributed by atoms with van der Waals surface area (Å²) in [6.07, 6.45) is 0. The lowest BCUT2D eigenvalue weighted by atomic mass is 10.1. The number of carbonyl (C=O) groups is 1. The van der Waals surface area contributed by atoms with Crippen LogP contribution in [-0.4, -0.2) is 41.4 Å². The molecule has 0 spiro atoms. The smallest absolute Gasteiger partial charge is 0.236 e. The van der Waals surface area contributed by atoms with Gasteiger partial charge in [0.1, 0.15) is 0 Å². The number of para-hydroxylation sites is 1. The number of benzene rings is 1. The number of carbonyl (C=O) groups excluding carboxylic acids is 1. The Labute approximate surface area is 122 Å². The lowest BCUT2D eigenvalue weighted by Crippen LogP contribution is -2.43. The average Bonchev–Trinajstić information content (AvgIpc) is 2.38. The Morgan fingerprint density at radius 3 is 2.25 bits per heavy atom. The molecular formula is C16H27N3O. The van der Waals surface area contributed by atoms with E-state index in [2.05, 4.69) is 18.7 Å². The standard InChI is InChI=1S/C16H27N3O/c1-12(2)18(5)16(20)11-19(13(3)4)10-14-8-6-7-9-15(14)17/h6-9,12-13H,10-11,17H2,1-5H3. The van der Waals surface area contributed by atoms with Crippen LogP contribution in [0.5, 0.6) is 0 Å². The van der Waals surface area contributed by atoms with Crippen molar-refractivity contribution in [3.63, 3.8) is 0 Å². The zero-order valence-corrected chi connectivity index (χ0v) is 13.3. The van der Waals surface area contributed by atoms with Gasteiger partial charge in [0.2, 0.25) is 5.91 Å². The predicted molar refractivity (Wildman–Crippen MR) is 84.3 cm³/mol. The van der Waals surface area contributed by atoms with E-state index in [0.29, 0.717) is 19.1 Å². The molecule has 0 bridgehead atoms. The number of amides is 1. The van der Waals surface area contributed by atoms with Gasteiger partial charge in [-0.1, -0.05) is 18.2 Å². The lowest BCUT2D eigenvalue weighted by Gasteiger charge is -2.30.